The molecular formula is C10H17NS. The summed E-state index contributed by atoms with van der Waals surface area (Å²) in [6, 6.07) is 2.51. The zero-order valence-corrected chi connectivity index (χ0v) is 8.78. The molecule has 0 saturated carbocycles. The summed E-state index contributed by atoms with van der Waals surface area (Å²) in [6.07, 6.45) is 4.63. The Morgan fingerprint density at radius 2 is 2.42 bits per heavy atom. The van der Waals surface area contributed by atoms with Gasteiger partial charge >= 0.3 is 0 Å². The van der Waals surface area contributed by atoms with E-state index < -0.39 is 0 Å². The molecule has 68 valence electrons. The fraction of sp³-hybridized carbons (Fsp3) is 0.900. The number of thioether (sulfide) groups is 1. The topological polar surface area (TPSA) is 23.8 Å². The van der Waals surface area contributed by atoms with Crippen LogP contribution < -0.4 is 0 Å². The second-order valence-electron chi connectivity index (χ2n) is 3.78. The number of nitriles is 1. The van der Waals surface area contributed by atoms with Crippen molar-refractivity contribution in [1.82, 2.24) is 0 Å². The molecule has 1 saturated heterocycles. The van der Waals surface area contributed by atoms with Crippen molar-refractivity contribution in [2.75, 3.05) is 5.75 Å². The van der Waals surface area contributed by atoms with Crippen LogP contribution in [0.2, 0.25) is 0 Å². The van der Waals surface area contributed by atoms with Crippen LogP contribution in [0.5, 0.6) is 0 Å². The Hall–Kier alpha value is -0.160. The summed E-state index contributed by atoms with van der Waals surface area (Å²) in [7, 11) is 0. The molecule has 0 aliphatic carbocycles. The van der Waals surface area contributed by atoms with Gasteiger partial charge in [-0.15, -0.1) is 11.8 Å². The third kappa shape index (κ3) is 2.17. The van der Waals surface area contributed by atoms with Crippen molar-refractivity contribution in [1.29, 1.82) is 5.26 Å². The average Bonchev–Trinajstić information content (AvgIpc) is 2.54. The summed E-state index contributed by atoms with van der Waals surface area (Å²) >= 11 is 1.87. The fourth-order valence-electron chi connectivity index (χ4n) is 1.70. The van der Waals surface area contributed by atoms with Gasteiger partial charge in [-0.05, 0) is 30.9 Å². The largest absolute Gasteiger partial charge is 0.197 e. The van der Waals surface area contributed by atoms with Crippen LogP contribution in [0, 0.1) is 17.2 Å². The highest BCUT2D eigenvalue weighted by Crippen LogP contribution is 2.42. The Bertz CT molecular complexity index is 177. The van der Waals surface area contributed by atoms with Crippen LogP contribution in [0.15, 0.2) is 0 Å². The highest BCUT2D eigenvalue weighted by molar-refractivity contribution is 8.01. The minimum atomic E-state index is -0.0184. The lowest BCUT2D eigenvalue weighted by atomic mass is 9.91. The van der Waals surface area contributed by atoms with Gasteiger partial charge in [0.05, 0.1) is 6.07 Å². The number of rotatable bonds is 3. The van der Waals surface area contributed by atoms with Crippen molar-refractivity contribution in [3.05, 3.63) is 0 Å². The van der Waals surface area contributed by atoms with Crippen molar-refractivity contribution < 1.29 is 0 Å². The molecule has 0 aromatic rings. The molecule has 1 fully saturated rings. The second kappa shape index (κ2) is 4.18. The molecule has 2 unspecified atom stereocenters. The van der Waals surface area contributed by atoms with Crippen LogP contribution in [0.4, 0.5) is 0 Å². The van der Waals surface area contributed by atoms with Gasteiger partial charge in [-0.3, -0.25) is 0 Å². The molecular weight excluding hydrogens is 166 g/mol. The van der Waals surface area contributed by atoms with Crippen molar-refractivity contribution in [3.63, 3.8) is 0 Å². The summed E-state index contributed by atoms with van der Waals surface area (Å²) in [6.45, 7) is 4.45. The van der Waals surface area contributed by atoms with E-state index in [1.54, 1.807) is 0 Å². The van der Waals surface area contributed by atoms with Gasteiger partial charge in [-0.2, -0.15) is 5.26 Å². The van der Waals surface area contributed by atoms with Gasteiger partial charge in [0.15, 0.2) is 0 Å². The number of hydrogen-bond acceptors (Lipinski definition) is 2. The van der Waals surface area contributed by atoms with Gasteiger partial charge in [-0.25, -0.2) is 0 Å². The first-order chi connectivity index (χ1) is 5.72. The molecule has 0 N–H and O–H groups in total. The first-order valence-corrected chi connectivity index (χ1v) is 5.76. The Morgan fingerprint density at radius 1 is 1.67 bits per heavy atom. The molecule has 1 heterocycles. The summed E-state index contributed by atoms with van der Waals surface area (Å²) in [5.41, 5.74) is 0. The van der Waals surface area contributed by atoms with Crippen molar-refractivity contribution >= 4 is 11.8 Å². The first-order valence-electron chi connectivity index (χ1n) is 4.77. The number of hydrogen-bond donors (Lipinski definition) is 0. The molecule has 2 heteroatoms. The molecule has 0 aromatic heterocycles. The molecule has 0 spiro atoms. The summed E-state index contributed by atoms with van der Waals surface area (Å²) in [5.74, 6) is 1.89. The van der Waals surface area contributed by atoms with E-state index in [9.17, 15) is 0 Å². The van der Waals surface area contributed by atoms with Gasteiger partial charge in [0.1, 0.15) is 4.75 Å². The molecule has 12 heavy (non-hydrogen) atoms. The predicted molar refractivity (Wildman–Crippen MR) is 54.1 cm³/mol. The van der Waals surface area contributed by atoms with Crippen molar-refractivity contribution in [3.8, 4) is 6.07 Å². The number of nitrogens with zero attached hydrogens (tertiary/aromatic N) is 1. The minimum absolute atomic E-state index is 0.0184. The molecule has 0 aromatic carbocycles. The molecule has 1 rings (SSSR count). The molecule has 1 aliphatic heterocycles. The van der Waals surface area contributed by atoms with Crippen LogP contribution in [-0.2, 0) is 0 Å². The van der Waals surface area contributed by atoms with E-state index in [4.69, 9.17) is 5.26 Å². The lowest BCUT2D eigenvalue weighted by molar-refractivity contribution is 0.458. The van der Waals surface area contributed by atoms with Gasteiger partial charge < -0.3 is 0 Å². The molecule has 0 bridgehead atoms. The maximum Gasteiger partial charge on any atom is 0.103 e. The first kappa shape index (κ1) is 9.92. The fourth-order valence-corrected chi connectivity index (χ4v) is 3.13. The Labute approximate surface area is 79.5 Å². The Morgan fingerprint density at radius 3 is 2.83 bits per heavy atom. The molecule has 1 nitrogen and oxygen atoms in total. The van der Waals surface area contributed by atoms with E-state index in [0.717, 1.165) is 12.8 Å². The monoisotopic (exact) mass is 183 g/mol. The minimum Gasteiger partial charge on any atom is -0.197 e. The van der Waals surface area contributed by atoms with Crippen molar-refractivity contribution in [2.45, 2.75) is 44.3 Å². The quantitative estimate of drug-likeness (QED) is 0.671. The van der Waals surface area contributed by atoms with Crippen molar-refractivity contribution in [2.24, 2.45) is 5.92 Å². The van der Waals surface area contributed by atoms with Crippen LogP contribution in [0.3, 0.4) is 0 Å². The zero-order chi connectivity index (χ0) is 9.03. The molecule has 1 aliphatic rings. The van der Waals surface area contributed by atoms with E-state index in [2.05, 4.69) is 19.9 Å². The van der Waals surface area contributed by atoms with E-state index in [1.165, 1.54) is 18.6 Å². The summed E-state index contributed by atoms with van der Waals surface area (Å²) < 4.78 is -0.0184. The molecule has 2 atom stereocenters. The zero-order valence-electron chi connectivity index (χ0n) is 7.97. The van der Waals surface area contributed by atoms with E-state index in [1.807, 2.05) is 11.8 Å². The predicted octanol–water partition coefficient (Wildman–Crippen LogP) is 3.21. The lowest BCUT2D eigenvalue weighted by Crippen LogP contribution is -2.21. The van der Waals surface area contributed by atoms with E-state index >= 15 is 0 Å². The highest BCUT2D eigenvalue weighted by Gasteiger charge is 2.35. The van der Waals surface area contributed by atoms with E-state index in [0.29, 0.717) is 5.92 Å². The Kier molecular flexibility index (Phi) is 3.46. The third-order valence-corrected chi connectivity index (χ3v) is 4.19. The average molecular weight is 183 g/mol. The van der Waals surface area contributed by atoms with E-state index in [-0.39, 0.29) is 4.75 Å². The maximum atomic E-state index is 9.09. The lowest BCUT2D eigenvalue weighted by Gasteiger charge is -2.22. The SMILES string of the molecule is CCC(C)CC1(C#N)CCCS1. The van der Waals surface area contributed by atoms with Crippen LogP contribution in [0.25, 0.3) is 0 Å². The maximum absolute atomic E-state index is 9.09. The van der Waals surface area contributed by atoms with Gasteiger partial charge in [-0.1, -0.05) is 20.3 Å². The van der Waals surface area contributed by atoms with Gasteiger partial charge in [0, 0.05) is 0 Å². The van der Waals surface area contributed by atoms with Crippen LogP contribution in [0.1, 0.15) is 39.5 Å². The van der Waals surface area contributed by atoms with Crippen LogP contribution in [-0.4, -0.2) is 10.5 Å². The standard InChI is InChI=1S/C10H17NS/c1-3-9(2)7-10(8-11)5-4-6-12-10/h9H,3-7H2,1-2H3. The normalized spacial score (nSPS) is 31.4. The highest BCUT2D eigenvalue weighted by atomic mass is 32.2. The smallest absolute Gasteiger partial charge is 0.103 e. The third-order valence-electron chi connectivity index (χ3n) is 2.68. The molecule has 0 amide bonds. The molecule has 0 radical (unpaired) electrons. The summed E-state index contributed by atoms with van der Waals surface area (Å²) in [5, 5.41) is 9.09. The Balaban J connectivity index is 2.51. The van der Waals surface area contributed by atoms with Crippen LogP contribution >= 0.6 is 11.8 Å². The van der Waals surface area contributed by atoms with Gasteiger partial charge in [0.2, 0.25) is 0 Å². The second-order valence-corrected chi connectivity index (χ2v) is 5.25. The van der Waals surface area contributed by atoms with Gasteiger partial charge in [0.25, 0.3) is 0 Å². The summed E-state index contributed by atoms with van der Waals surface area (Å²) in [4.78, 5) is 0.